The summed E-state index contributed by atoms with van der Waals surface area (Å²) in [6.45, 7) is 3.21. The van der Waals surface area contributed by atoms with Crippen LogP contribution in [0.2, 0.25) is 0 Å². The summed E-state index contributed by atoms with van der Waals surface area (Å²) in [4.78, 5) is 27.9. The van der Waals surface area contributed by atoms with Gasteiger partial charge >= 0.3 is 0 Å². The van der Waals surface area contributed by atoms with Crippen molar-refractivity contribution in [1.29, 1.82) is 0 Å². The molecule has 0 unspecified atom stereocenters. The monoisotopic (exact) mass is 459 g/mol. The van der Waals surface area contributed by atoms with E-state index in [1.54, 1.807) is 26.2 Å². The Morgan fingerprint density at radius 1 is 1.09 bits per heavy atom. The first kappa shape index (κ1) is 23.7. The third kappa shape index (κ3) is 5.11. The highest BCUT2D eigenvalue weighted by atomic mass is 32.2. The van der Waals surface area contributed by atoms with Crippen LogP contribution in [-0.4, -0.2) is 60.9 Å². The van der Waals surface area contributed by atoms with Gasteiger partial charge in [-0.25, -0.2) is 8.42 Å². The van der Waals surface area contributed by atoms with E-state index >= 15 is 0 Å². The minimum absolute atomic E-state index is 0.105. The molecule has 1 fully saturated rings. The standard InChI is InChI=1S/C23H29N3O5S/c1-4-32(29,30)25-16-21(27)26(15-19-10-12-20(31-3)13-11-19)23(2,17-25)22(28)24-14-18-8-6-5-7-9-18/h5-13H,4,14-17H2,1-3H3,(H,24,28)/t23-/m0/s1. The van der Waals surface area contributed by atoms with Gasteiger partial charge in [-0.05, 0) is 37.1 Å². The quantitative estimate of drug-likeness (QED) is 0.649. The van der Waals surface area contributed by atoms with Crippen LogP contribution in [0, 0.1) is 0 Å². The van der Waals surface area contributed by atoms with Crippen molar-refractivity contribution in [2.24, 2.45) is 0 Å². The van der Waals surface area contributed by atoms with Crippen molar-refractivity contribution in [3.05, 3.63) is 65.7 Å². The van der Waals surface area contributed by atoms with E-state index in [9.17, 15) is 18.0 Å². The molecule has 0 spiro atoms. The number of methoxy groups -OCH3 is 1. The van der Waals surface area contributed by atoms with E-state index in [1.165, 1.54) is 11.8 Å². The lowest BCUT2D eigenvalue weighted by molar-refractivity contribution is -0.153. The lowest BCUT2D eigenvalue weighted by atomic mass is 9.94. The second-order valence-corrected chi connectivity index (χ2v) is 10.2. The molecule has 32 heavy (non-hydrogen) atoms. The SMILES string of the molecule is CCS(=O)(=O)N1CC(=O)N(Cc2ccc(OC)cc2)[C@](C)(C(=O)NCc2ccccc2)C1. The lowest BCUT2D eigenvalue weighted by Crippen LogP contribution is -2.69. The Kier molecular flexibility index (Phi) is 7.20. The maximum Gasteiger partial charge on any atom is 0.247 e. The smallest absolute Gasteiger partial charge is 0.247 e. The van der Waals surface area contributed by atoms with Crippen molar-refractivity contribution in [2.75, 3.05) is 26.0 Å². The zero-order valence-electron chi connectivity index (χ0n) is 18.6. The van der Waals surface area contributed by atoms with Gasteiger partial charge in [0.1, 0.15) is 11.3 Å². The number of rotatable bonds is 8. The number of hydrogen-bond acceptors (Lipinski definition) is 5. The molecule has 1 aliphatic rings. The molecule has 0 radical (unpaired) electrons. The minimum atomic E-state index is -3.64. The molecule has 0 aromatic heterocycles. The zero-order valence-corrected chi connectivity index (χ0v) is 19.4. The second kappa shape index (κ2) is 9.70. The number of amides is 2. The largest absolute Gasteiger partial charge is 0.497 e. The number of ether oxygens (including phenoxy) is 1. The van der Waals surface area contributed by atoms with Gasteiger partial charge in [0.2, 0.25) is 21.8 Å². The molecule has 1 atom stereocenters. The van der Waals surface area contributed by atoms with Gasteiger partial charge < -0.3 is 15.0 Å². The molecular formula is C23H29N3O5S. The predicted octanol–water partition coefficient (Wildman–Crippen LogP) is 1.76. The van der Waals surface area contributed by atoms with Crippen LogP contribution in [0.4, 0.5) is 0 Å². The van der Waals surface area contributed by atoms with Crippen LogP contribution < -0.4 is 10.1 Å². The maximum atomic E-state index is 13.4. The fourth-order valence-corrected chi connectivity index (χ4v) is 4.83. The first-order valence-corrected chi connectivity index (χ1v) is 12.0. The number of carbonyl (C=O) groups excluding carboxylic acids is 2. The van der Waals surface area contributed by atoms with Gasteiger partial charge in [0.05, 0.1) is 19.4 Å². The van der Waals surface area contributed by atoms with Crippen molar-refractivity contribution in [3.8, 4) is 5.75 Å². The Morgan fingerprint density at radius 2 is 1.75 bits per heavy atom. The van der Waals surface area contributed by atoms with Gasteiger partial charge in [-0.1, -0.05) is 42.5 Å². The molecule has 1 saturated heterocycles. The van der Waals surface area contributed by atoms with Gasteiger partial charge in [-0.3, -0.25) is 9.59 Å². The van der Waals surface area contributed by atoms with E-state index in [0.717, 1.165) is 15.4 Å². The van der Waals surface area contributed by atoms with Gasteiger partial charge in [0.25, 0.3) is 0 Å². The van der Waals surface area contributed by atoms with Crippen molar-refractivity contribution < 1.29 is 22.7 Å². The number of nitrogens with zero attached hydrogens (tertiary/aromatic N) is 2. The number of nitrogens with one attached hydrogen (secondary N) is 1. The summed E-state index contributed by atoms with van der Waals surface area (Å²) in [6.07, 6.45) is 0. The molecular weight excluding hydrogens is 430 g/mol. The highest BCUT2D eigenvalue weighted by Crippen LogP contribution is 2.28. The topological polar surface area (TPSA) is 96.0 Å². The van der Waals surface area contributed by atoms with Gasteiger partial charge in [-0.15, -0.1) is 0 Å². The molecule has 0 saturated carbocycles. The average Bonchev–Trinajstić information content (AvgIpc) is 2.80. The molecule has 2 aromatic carbocycles. The molecule has 0 bridgehead atoms. The minimum Gasteiger partial charge on any atom is -0.497 e. The van der Waals surface area contributed by atoms with E-state index in [0.29, 0.717) is 5.75 Å². The van der Waals surface area contributed by atoms with E-state index in [2.05, 4.69) is 5.32 Å². The summed E-state index contributed by atoms with van der Waals surface area (Å²) >= 11 is 0. The highest BCUT2D eigenvalue weighted by molar-refractivity contribution is 7.89. The molecule has 1 heterocycles. The Balaban J connectivity index is 1.89. The van der Waals surface area contributed by atoms with Gasteiger partial charge in [-0.2, -0.15) is 4.31 Å². The summed E-state index contributed by atoms with van der Waals surface area (Å²) in [5.41, 5.74) is 0.353. The van der Waals surface area contributed by atoms with E-state index in [-0.39, 0.29) is 31.9 Å². The predicted molar refractivity (Wildman–Crippen MR) is 121 cm³/mol. The molecule has 2 amide bonds. The van der Waals surface area contributed by atoms with Gasteiger partial charge in [0.15, 0.2) is 0 Å². The molecule has 2 aromatic rings. The van der Waals surface area contributed by atoms with Crippen molar-refractivity contribution in [1.82, 2.24) is 14.5 Å². The summed E-state index contributed by atoms with van der Waals surface area (Å²) in [6, 6.07) is 16.6. The molecule has 8 nitrogen and oxygen atoms in total. The van der Waals surface area contributed by atoms with Crippen LogP contribution in [0.5, 0.6) is 5.75 Å². The molecule has 172 valence electrons. The molecule has 9 heteroatoms. The molecule has 1 aliphatic heterocycles. The summed E-state index contributed by atoms with van der Waals surface area (Å²) in [7, 11) is -2.07. The van der Waals surface area contributed by atoms with Crippen molar-refractivity contribution in [3.63, 3.8) is 0 Å². The number of hydrogen-bond donors (Lipinski definition) is 1. The third-order valence-corrected chi connectivity index (χ3v) is 7.51. The highest BCUT2D eigenvalue weighted by Gasteiger charge is 2.49. The van der Waals surface area contributed by atoms with Crippen LogP contribution in [0.1, 0.15) is 25.0 Å². The van der Waals surface area contributed by atoms with Crippen LogP contribution in [0.25, 0.3) is 0 Å². The molecule has 3 rings (SSSR count). The number of sulfonamides is 1. The Bertz CT molecular complexity index is 1060. The number of benzene rings is 2. The van der Waals surface area contributed by atoms with E-state index < -0.39 is 27.4 Å². The normalized spacial score (nSPS) is 19.6. The van der Waals surface area contributed by atoms with Crippen LogP contribution >= 0.6 is 0 Å². The summed E-state index contributed by atoms with van der Waals surface area (Å²) in [5, 5.41) is 2.88. The van der Waals surface area contributed by atoms with Crippen LogP contribution in [0.3, 0.4) is 0 Å². The number of piperazine rings is 1. The lowest BCUT2D eigenvalue weighted by Gasteiger charge is -2.46. The van der Waals surface area contributed by atoms with Crippen LogP contribution in [0.15, 0.2) is 54.6 Å². The fourth-order valence-electron chi connectivity index (χ4n) is 3.71. The second-order valence-electron chi connectivity index (χ2n) is 7.94. The third-order valence-electron chi connectivity index (χ3n) is 5.74. The van der Waals surface area contributed by atoms with E-state index in [1.807, 2.05) is 42.5 Å². The fraction of sp³-hybridized carbons (Fsp3) is 0.391. The number of carbonyl (C=O) groups is 2. The molecule has 0 aliphatic carbocycles. The maximum absolute atomic E-state index is 13.4. The van der Waals surface area contributed by atoms with Crippen molar-refractivity contribution >= 4 is 21.8 Å². The Morgan fingerprint density at radius 3 is 2.34 bits per heavy atom. The zero-order chi connectivity index (χ0) is 23.4. The van der Waals surface area contributed by atoms with Crippen molar-refractivity contribution in [2.45, 2.75) is 32.5 Å². The first-order valence-electron chi connectivity index (χ1n) is 10.4. The van der Waals surface area contributed by atoms with Crippen LogP contribution in [-0.2, 0) is 32.7 Å². The summed E-state index contributed by atoms with van der Waals surface area (Å²) in [5.74, 6) is -0.275. The molecule has 1 N–H and O–H groups in total. The van der Waals surface area contributed by atoms with Gasteiger partial charge in [0, 0.05) is 19.6 Å². The Hall–Kier alpha value is -2.91. The first-order chi connectivity index (χ1) is 15.2. The summed E-state index contributed by atoms with van der Waals surface area (Å²) < 4.78 is 31.4. The van der Waals surface area contributed by atoms with E-state index in [4.69, 9.17) is 4.74 Å². The Labute approximate surface area is 189 Å². The average molecular weight is 460 g/mol.